The number of nitrogens with one attached hydrogen (secondary N) is 1. The highest BCUT2D eigenvalue weighted by Crippen LogP contribution is 2.19. The molecule has 1 atom stereocenters. The molecule has 3 nitrogen and oxygen atoms in total. The Hall–Kier alpha value is -0.120. The third-order valence-electron chi connectivity index (χ3n) is 4.26. The molecule has 2 rings (SSSR count). The Morgan fingerprint density at radius 1 is 1.17 bits per heavy atom. The summed E-state index contributed by atoms with van der Waals surface area (Å²) in [7, 11) is 0. The molecule has 0 saturated carbocycles. The van der Waals surface area contributed by atoms with Crippen LogP contribution in [0.1, 0.15) is 46.0 Å². The van der Waals surface area contributed by atoms with Gasteiger partial charge in [-0.05, 0) is 57.7 Å². The van der Waals surface area contributed by atoms with Crippen LogP contribution in [-0.4, -0.2) is 49.8 Å². The van der Waals surface area contributed by atoms with Crippen molar-refractivity contribution in [3.63, 3.8) is 0 Å². The summed E-state index contributed by atoms with van der Waals surface area (Å²) in [6.45, 7) is 10.4. The van der Waals surface area contributed by atoms with E-state index in [1.165, 1.54) is 58.3 Å². The molecule has 1 unspecified atom stereocenters. The number of ether oxygens (including phenoxy) is 1. The van der Waals surface area contributed by atoms with Crippen LogP contribution in [0.25, 0.3) is 0 Å². The maximum atomic E-state index is 5.83. The molecule has 2 aliphatic heterocycles. The van der Waals surface area contributed by atoms with E-state index < -0.39 is 0 Å². The lowest BCUT2D eigenvalue weighted by Crippen LogP contribution is -2.42. The van der Waals surface area contributed by atoms with Gasteiger partial charge < -0.3 is 15.0 Å². The maximum absolute atomic E-state index is 5.83. The Bertz CT molecular complexity index is 219. The van der Waals surface area contributed by atoms with Crippen molar-refractivity contribution in [2.45, 2.75) is 58.1 Å². The van der Waals surface area contributed by atoms with Crippen LogP contribution in [0.3, 0.4) is 0 Å². The van der Waals surface area contributed by atoms with Crippen LogP contribution in [-0.2, 0) is 4.74 Å². The van der Waals surface area contributed by atoms with Crippen LogP contribution in [0, 0.1) is 5.92 Å². The predicted octanol–water partition coefficient (Wildman–Crippen LogP) is 2.27. The lowest BCUT2D eigenvalue weighted by atomic mass is 9.96. The first-order chi connectivity index (χ1) is 8.74. The van der Waals surface area contributed by atoms with Gasteiger partial charge in [0.2, 0.25) is 0 Å². The normalized spacial score (nSPS) is 27.8. The van der Waals surface area contributed by atoms with E-state index in [9.17, 15) is 0 Å². The van der Waals surface area contributed by atoms with Crippen LogP contribution in [0.4, 0.5) is 0 Å². The molecule has 1 N–H and O–H groups in total. The maximum Gasteiger partial charge on any atom is 0.0702 e. The molecule has 0 spiro atoms. The van der Waals surface area contributed by atoms with E-state index in [-0.39, 0.29) is 0 Å². The second-order valence-electron chi connectivity index (χ2n) is 6.30. The van der Waals surface area contributed by atoms with E-state index in [0.29, 0.717) is 12.1 Å². The van der Waals surface area contributed by atoms with Gasteiger partial charge in [0.15, 0.2) is 0 Å². The zero-order chi connectivity index (χ0) is 12.8. The Labute approximate surface area is 112 Å². The highest BCUT2D eigenvalue weighted by Gasteiger charge is 2.22. The van der Waals surface area contributed by atoms with Crippen LogP contribution in [0.15, 0.2) is 0 Å². The van der Waals surface area contributed by atoms with Crippen LogP contribution < -0.4 is 5.32 Å². The van der Waals surface area contributed by atoms with Gasteiger partial charge in [0.25, 0.3) is 0 Å². The molecule has 2 saturated heterocycles. The van der Waals surface area contributed by atoms with Crippen molar-refractivity contribution in [3.8, 4) is 0 Å². The SMILES string of the molecule is CC(C)NCC1CCN(CC2CCCCO2)CC1. The number of hydrogen-bond acceptors (Lipinski definition) is 3. The van der Waals surface area contributed by atoms with Crippen molar-refractivity contribution in [2.24, 2.45) is 5.92 Å². The summed E-state index contributed by atoms with van der Waals surface area (Å²) in [5.74, 6) is 0.885. The summed E-state index contributed by atoms with van der Waals surface area (Å²) < 4.78 is 5.83. The summed E-state index contributed by atoms with van der Waals surface area (Å²) in [6.07, 6.45) is 7.12. The van der Waals surface area contributed by atoms with Gasteiger partial charge in [-0.1, -0.05) is 13.8 Å². The topological polar surface area (TPSA) is 24.5 Å². The zero-order valence-electron chi connectivity index (χ0n) is 12.2. The summed E-state index contributed by atoms with van der Waals surface area (Å²) >= 11 is 0. The lowest BCUT2D eigenvalue weighted by Gasteiger charge is -2.35. The Balaban J connectivity index is 1.60. The molecule has 2 fully saturated rings. The molecule has 3 heteroatoms. The fourth-order valence-corrected chi connectivity index (χ4v) is 3.01. The first kappa shape index (κ1) is 14.3. The molecule has 0 aromatic rings. The zero-order valence-corrected chi connectivity index (χ0v) is 12.2. The largest absolute Gasteiger partial charge is 0.377 e. The molecule has 0 amide bonds. The number of hydrogen-bond donors (Lipinski definition) is 1. The summed E-state index contributed by atoms with van der Waals surface area (Å²) in [4.78, 5) is 2.61. The van der Waals surface area contributed by atoms with Gasteiger partial charge in [-0.2, -0.15) is 0 Å². The molecule has 0 aromatic carbocycles. The minimum Gasteiger partial charge on any atom is -0.377 e. The van der Waals surface area contributed by atoms with Gasteiger partial charge in [0, 0.05) is 19.2 Å². The molecule has 0 bridgehead atoms. The van der Waals surface area contributed by atoms with Crippen LogP contribution in [0.2, 0.25) is 0 Å². The molecule has 18 heavy (non-hydrogen) atoms. The van der Waals surface area contributed by atoms with Gasteiger partial charge in [-0.15, -0.1) is 0 Å². The number of nitrogens with zero attached hydrogens (tertiary/aromatic N) is 1. The van der Waals surface area contributed by atoms with E-state index in [1.54, 1.807) is 0 Å². The quantitative estimate of drug-likeness (QED) is 0.814. The van der Waals surface area contributed by atoms with E-state index in [2.05, 4.69) is 24.1 Å². The van der Waals surface area contributed by atoms with Crippen LogP contribution in [0.5, 0.6) is 0 Å². The van der Waals surface area contributed by atoms with E-state index in [1.807, 2.05) is 0 Å². The minimum absolute atomic E-state index is 0.518. The summed E-state index contributed by atoms with van der Waals surface area (Å²) in [5, 5.41) is 3.57. The highest BCUT2D eigenvalue weighted by atomic mass is 16.5. The summed E-state index contributed by atoms with van der Waals surface area (Å²) in [6, 6.07) is 0.624. The second kappa shape index (κ2) is 7.46. The first-order valence-corrected chi connectivity index (χ1v) is 7.81. The molecule has 0 aliphatic carbocycles. The first-order valence-electron chi connectivity index (χ1n) is 7.81. The monoisotopic (exact) mass is 254 g/mol. The smallest absolute Gasteiger partial charge is 0.0702 e. The third-order valence-corrected chi connectivity index (χ3v) is 4.26. The standard InChI is InChI=1S/C15H30N2O/c1-13(2)16-11-14-6-8-17(9-7-14)12-15-5-3-4-10-18-15/h13-16H,3-12H2,1-2H3. The van der Waals surface area contributed by atoms with Gasteiger partial charge >= 0.3 is 0 Å². The fourth-order valence-electron chi connectivity index (χ4n) is 3.01. The number of likely N-dealkylation sites (tertiary alicyclic amines) is 1. The van der Waals surface area contributed by atoms with Crippen molar-refractivity contribution in [1.29, 1.82) is 0 Å². The van der Waals surface area contributed by atoms with Crippen molar-refractivity contribution in [1.82, 2.24) is 10.2 Å². The highest BCUT2D eigenvalue weighted by molar-refractivity contribution is 4.77. The van der Waals surface area contributed by atoms with Gasteiger partial charge in [-0.25, -0.2) is 0 Å². The molecular formula is C15H30N2O. The Morgan fingerprint density at radius 2 is 1.94 bits per heavy atom. The molecule has 0 radical (unpaired) electrons. The third kappa shape index (κ3) is 4.87. The Morgan fingerprint density at radius 3 is 2.56 bits per heavy atom. The van der Waals surface area contributed by atoms with Crippen molar-refractivity contribution >= 4 is 0 Å². The predicted molar refractivity (Wildman–Crippen MR) is 75.9 cm³/mol. The van der Waals surface area contributed by atoms with E-state index in [0.717, 1.165) is 12.5 Å². The average molecular weight is 254 g/mol. The van der Waals surface area contributed by atoms with E-state index in [4.69, 9.17) is 4.74 Å². The molecule has 106 valence electrons. The van der Waals surface area contributed by atoms with Gasteiger partial charge in [0.05, 0.1) is 6.10 Å². The fraction of sp³-hybridized carbons (Fsp3) is 1.00. The van der Waals surface area contributed by atoms with Crippen molar-refractivity contribution < 1.29 is 4.74 Å². The lowest BCUT2D eigenvalue weighted by molar-refractivity contribution is -0.0112. The molecule has 0 aromatic heterocycles. The van der Waals surface area contributed by atoms with Crippen molar-refractivity contribution in [2.75, 3.05) is 32.8 Å². The van der Waals surface area contributed by atoms with E-state index >= 15 is 0 Å². The Kier molecular flexibility index (Phi) is 5.93. The van der Waals surface area contributed by atoms with Crippen LogP contribution >= 0.6 is 0 Å². The molecule has 2 heterocycles. The minimum atomic E-state index is 0.518. The second-order valence-corrected chi connectivity index (χ2v) is 6.30. The van der Waals surface area contributed by atoms with Crippen molar-refractivity contribution in [3.05, 3.63) is 0 Å². The average Bonchev–Trinajstić information content (AvgIpc) is 2.39. The van der Waals surface area contributed by atoms with Gasteiger partial charge in [-0.3, -0.25) is 0 Å². The molecule has 2 aliphatic rings. The number of piperidine rings is 1. The molecular weight excluding hydrogens is 224 g/mol. The summed E-state index contributed by atoms with van der Waals surface area (Å²) in [5.41, 5.74) is 0. The van der Waals surface area contributed by atoms with Gasteiger partial charge in [0.1, 0.15) is 0 Å². The number of rotatable bonds is 5.